The van der Waals surface area contributed by atoms with Crippen LogP contribution in [0.3, 0.4) is 0 Å². The summed E-state index contributed by atoms with van der Waals surface area (Å²) in [5, 5.41) is 2.75. The smallest absolute Gasteiger partial charge is 0.253 e. The highest BCUT2D eigenvalue weighted by atomic mass is 79.9. The molecule has 114 valence electrons. The minimum Gasteiger partial charge on any atom is -0.497 e. The van der Waals surface area contributed by atoms with E-state index in [1.54, 1.807) is 37.1 Å². The van der Waals surface area contributed by atoms with Crippen LogP contribution in [-0.2, 0) is 4.79 Å². The minimum absolute atomic E-state index is 0.0279. The maximum absolute atomic E-state index is 12.3. The molecule has 0 aromatic heterocycles. The molecule has 1 aliphatic rings. The Labute approximate surface area is 132 Å². The van der Waals surface area contributed by atoms with Crippen molar-refractivity contribution >= 4 is 27.7 Å². The average Bonchev–Trinajstić information content (AvgIpc) is 3.00. The number of hydrogen-bond donors (Lipinski definition) is 1. The molecule has 1 unspecified atom stereocenters. The average molecular weight is 355 g/mol. The number of benzene rings is 1. The molecule has 6 heteroatoms. The molecule has 2 amide bonds. The van der Waals surface area contributed by atoms with Crippen LogP contribution in [0.25, 0.3) is 0 Å². The third-order valence-corrected chi connectivity index (χ3v) is 4.25. The predicted octanol–water partition coefficient (Wildman–Crippen LogP) is 2.20. The van der Waals surface area contributed by atoms with E-state index in [0.29, 0.717) is 15.8 Å². The summed E-state index contributed by atoms with van der Waals surface area (Å²) in [5.74, 6) is 0.280. The van der Waals surface area contributed by atoms with Gasteiger partial charge in [-0.15, -0.1) is 0 Å². The molecule has 0 bridgehead atoms. The van der Waals surface area contributed by atoms with Gasteiger partial charge in [-0.05, 0) is 53.9 Å². The van der Waals surface area contributed by atoms with Crippen LogP contribution in [0.1, 0.15) is 30.1 Å². The Hall–Kier alpha value is -1.56. The molecule has 0 radical (unpaired) electrons. The summed E-state index contributed by atoms with van der Waals surface area (Å²) < 4.78 is 5.79. The van der Waals surface area contributed by atoms with Crippen LogP contribution in [0.15, 0.2) is 22.7 Å². The number of carbonyl (C=O) groups excluding carboxylic acids is 2. The van der Waals surface area contributed by atoms with Crippen LogP contribution in [0.4, 0.5) is 0 Å². The van der Waals surface area contributed by atoms with Gasteiger partial charge in [-0.3, -0.25) is 9.59 Å². The van der Waals surface area contributed by atoms with Gasteiger partial charge in [0, 0.05) is 17.6 Å². The molecule has 1 N–H and O–H groups in total. The van der Waals surface area contributed by atoms with Crippen LogP contribution in [0.2, 0.25) is 0 Å². The number of rotatable bonds is 4. The molecular weight excluding hydrogens is 336 g/mol. The highest BCUT2D eigenvalue weighted by molar-refractivity contribution is 9.10. The Balaban J connectivity index is 2.05. The van der Waals surface area contributed by atoms with Gasteiger partial charge in [-0.25, -0.2) is 0 Å². The Morgan fingerprint density at radius 2 is 2.00 bits per heavy atom. The molecule has 0 saturated carbocycles. The SMILES string of the molecule is COc1ccc(Br)c(C(=O)NC(C)C(=O)N2CCCC2)c1. The first-order chi connectivity index (χ1) is 10.0. The zero-order chi connectivity index (χ0) is 15.4. The van der Waals surface area contributed by atoms with Crippen LogP contribution in [0, 0.1) is 0 Å². The van der Waals surface area contributed by atoms with Crippen molar-refractivity contribution in [1.82, 2.24) is 10.2 Å². The second kappa shape index (κ2) is 6.93. The van der Waals surface area contributed by atoms with Gasteiger partial charge in [0.25, 0.3) is 5.91 Å². The van der Waals surface area contributed by atoms with Gasteiger partial charge in [0.1, 0.15) is 11.8 Å². The van der Waals surface area contributed by atoms with Crippen LogP contribution < -0.4 is 10.1 Å². The molecule has 1 aromatic rings. The monoisotopic (exact) mass is 354 g/mol. The summed E-state index contributed by atoms with van der Waals surface area (Å²) in [6.45, 7) is 3.27. The van der Waals surface area contributed by atoms with E-state index < -0.39 is 6.04 Å². The van der Waals surface area contributed by atoms with E-state index >= 15 is 0 Å². The van der Waals surface area contributed by atoms with Gasteiger partial charge in [0.2, 0.25) is 5.91 Å². The third-order valence-electron chi connectivity index (χ3n) is 3.55. The van der Waals surface area contributed by atoms with E-state index in [1.807, 2.05) is 0 Å². The molecule has 0 spiro atoms. The number of nitrogens with zero attached hydrogens (tertiary/aromatic N) is 1. The number of ether oxygens (including phenoxy) is 1. The fraction of sp³-hybridized carbons (Fsp3) is 0.467. The lowest BCUT2D eigenvalue weighted by atomic mass is 10.2. The topological polar surface area (TPSA) is 58.6 Å². The van der Waals surface area contributed by atoms with E-state index in [1.165, 1.54) is 0 Å². The van der Waals surface area contributed by atoms with Crippen molar-refractivity contribution < 1.29 is 14.3 Å². The van der Waals surface area contributed by atoms with Gasteiger partial charge < -0.3 is 15.0 Å². The standard InChI is InChI=1S/C15H19BrN2O3/c1-10(15(20)18-7-3-4-8-18)17-14(19)12-9-11(21-2)5-6-13(12)16/h5-6,9-10H,3-4,7-8H2,1-2H3,(H,17,19). The lowest BCUT2D eigenvalue weighted by Crippen LogP contribution is -2.46. The molecule has 1 saturated heterocycles. The van der Waals surface area contributed by atoms with Crippen molar-refractivity contribution in [1.29, 1.82) is 0 Å². The van der Waals surface area contributed by atoms with Crippen molar-refractivity contribution in [3.8, 4) is 5.75 Å². The number of likely N-dealkylation sites (tertiary alicyclic amines) is 1. The summed E-state index contributed by atoms with van der Waals surface area (Å²) in [6, 6.07) is 4.63. The Morgan fingerprint density at radius 3 is 2.62 bits per heavy atom. The van der Waals surface area contributed by atoms with Crippen molar-refractivity contribution in [3.05, 3.63) is 28.2 Å². The highest BCUT2D eigenvalue weighted by Gasteiger charge is 2.25. The second-order valence-corrected chi connectivity index (χ2v) is 5.93. The molecule has 0 aliphatic carbocycles. The zero-order valence-corrected chi connectivity index (χ0v) is 13.8. The quantitative estimate of drug-likeness (QED) is 0.901. The second-order valence-electron chi connectivity index (χ2n) is 5.07. The fourth-order valence-electron chi connectivity index (χ4n) is 2.35. The van der Waals surface area contributed by atoms with Gasteiger partial charge >= 0.3 is 0 Å². The number of nitrogens with one attached hydrogen (secondary N) is 1. The summed E-state index contributed by atoms with van der Waals surface area (Å²) >= 11 is 3.34. The van der Waals surface area contributed by atoms with Crippen LogP contribution in [-0.4, -0.2) is 43.0 Å². The van der Waals surface area contributed by atoms with Crippen LogP contribution in [0.5, 0.6) is 5.75 Å². The van der Waals surface area contributed by atoms with Gasteiger partial charge in [0.15, 0.2) is 0 Å². The van der Waals surface area contributed by atoms with Crippen molar-refractivity contribution in [2.24, 2.45) is 0 Å². The fourth-order valence-corrected chi connectivity index (χ4v) is 2.78. The summed E-state index contributed by atoms with van der Waals surface area (Å²) in [6.07, 6.45) is 2.07. The molecule has 2 rings (SSSR count). The molecule has 1 heterocycles. The first-order valence-electron chi connectivity index (χ1n) is 6.96. The molecule has 1 aromatic carbocycles. The molecule has 1 atom stereocenters. The van der Waals surface area contributed by atoms with Crippen molar-refractivity contribution in [2.75, 3.05) is 20.2 Å². The Morgan fingerprint density at radius 1 is 1.33 bits per heavy atom. The van der Waals surface area contributed by atoms with Gasteiger partial charge in [0.05, 0.1) is 12.7 Å². The molecule has 1 aliphatic heterocycles. The molecule has 21 heavy (non-hydrogen) atoms. The molecular formula is C15H19BrN2O3. The largest absolute Gasteiger partial charge is 0.497 e. The normalized spacial score (nSPS) is 15.7. The number of hydrogen-bond acceptors (Lipinski definition) is 3. The lowest BCUT2D eigenvalue weighted by molar-refractivity contribution is -0.131. The number of carbonyl (C=O) groups is 2. The summed E-state index contributed by atoms with van der Waals surface area (Å²) in [7, 11) is 1.55. The maximum Gasteiger partial charge on any atom is 0.253 e. The zero-order valence-electron chi connectivity index (χ0n) is 12.2. The van der Waals surface area contributed by atoms with Gasteiger partial charge in [-0.1, -0.05) is 0 Å². The van der Waals surface area contributed by atoms with Crippen molar-refractivity contribution in [3.63, 3.8) is 0 Å². The summed E-state index contributed by atoms with van der Waals surface area (Å²) in [4.78, 5) is 26.3. The predicted molar refractivity (Wildman–Crippen MR) is 83.4 cm³/mol. The first kappa shape index (κ1) is 15.8. The first-order valence-corrected chi connectivity index (χ1v) is 7.75. The van der Waals surface area contributed by atoms with E-state index in [2.05, 4.69) is 21.2 Å². The van der Waals surface area contributed by atoms with E-state index in [4.69, 9.17) is 4.74 Å². The lowest BCUT2D eigenvalue weighted by Gasteiger charge is -2.21. The minimum atomic E-state index is -0.534. The maximum atomic E-state index is 12.3. The number of amides is 2. The Bertz CT molecular complexity index is 542. The molecule has 5 nitrogen and oxygen atoms in total. The highest BCUT2D eigenvalue weighted by Crippen LogP contribution is 2.22. The summed E-state index contributed by atoms with van der Waals surface area (Å²) in [5.41, 5.74) is 0.454. The van der Waals surface area contributed by atoms with Crippen molar-refractivity contribution in [2.45, 2.75) is 25.8 Å². The van der Waals surface area contributed by atoms with E-state index in [0.717, 1.165) is 25.9 Å². The van der Waals surface area contributed by atoms with E-state index in [9.17, 15) is 9.59 Å². The van der Waals surface area contributed by atoms with E-state index in [-0.39, 0.29) is 11.8 Å². The number of methoxy groups -OCH3 is 1. The number of halogens is 1. The van der Waals surface area contributed by atoms with Crippen LogP contribution >= 0.6 is 15.9 Å². The molecule has 1 fully saturated rings. The Kier molecular flexibility index (Phi) is 5.22. The third kappa shape index (κ3) is 3.75. The van der Waals surface area contributed by atoms with Gasteiger partial charge in [-0.2, -0.15) is 0 Å².